The van der Waals surface area contributed by atoms with Crippen LogP contribution in [0.5, 0.6) is 0 Å². The Hall–Kier alpha value is -0.0800. The van der Waals surface area contributed by atoms with Gasteiger partial charge in [-0.25, -0.2) is 0 Å². The predicted molar refractivity (Wildman–Crippen MR) is 90.6 cm³/mol. The molecule has 1 aliphatic heterocycles. The van der Waals surface area contributed by atoms with E-state index in [1.54, 1.807) is 0 Å². The maximum absolute atomic E-state index is 3.81. The standard InChI is InChI=1S/C19H36N2/c1-2-13-20-18-10-5-8-16(18)12-15-21-14-6-9-17-7-3-4-11-19(17)21/h16-20H,2-15H2,1H3/t16?,17-,18?,19-/m1/s1. The van der Waals surface area contributed by atoms with Crippen LogP contribution in [0, 0.1) is 11.8 Å². The Labute approximate surface area is 132 Å². The second-order valence-corrected chi connectivity index (χ2v) is 7.83. The molecule has 3 rings (SSSR count). The molecular formula is C19H36N2. The summed E-state index contributed by atoms with van der Waals surface area (Å²) in [5.74, 6) is 2.01. The van der Waals surface area contributed by atoms with Gasteiger partial charge in [-0.1, -0.05) is 26.2 Å². The van der Waals surface area contributed by atoms with E-state index in [1.807, 2.05) is 0 Å². The van der Waals surface area contributed by atoms with Crippen LogP contribution in [-0.2, 0) is 0 Å². The zero-order chi connectivity index (χ0) is 14.5. The third-order valence-corrected chi connectivity index (χ3v) is 6.46. The molecule has 122 valence electrons. The average molecular weight is 293 g/mol. The topological polar surface area (TPSA) is 15.3 Å². The molecule has 21 heavy (non-hydrogen) atoms. The van der Waals surface area contributed by atoms with Crippen LogP contribution >= 0.6 is 0 Å². The summed E-state index contributed by atoms with van der Waals surface area (Å²) in [6.45, 7) is 6.28. The van der Waals surface area contributed by atoms with Crippen molar-refractivity contribution >= 4 is 0 Å². The van der Waals surface area contributed by atoms with E-state index in [-0.39, 0.29) is 0 Å². The summed E-state index contributed by atoms with van der Waals surface area (Å²) < 4.78 is 0. The molecule has 2 saturated carbocycles. The second kappa shape index (κ2) is 7.97. The highest BCUT2D eigenvalue weighted by atomic mass is 15.2. The quantitative estimate of drug-likeness (QED) is 0.789. The smallest absolute Gasteiger partial charge is 0.0123 e. The molecule has 0 bridgehead atoms. The van der Waals surface area contributed by atoms with E-state index in [4.69, 9.17) is 0 Å². The molecule has 2 nitrogen and oxygen atoms in total. The number of fused-ring (bicyclic) bond motifs is 1. The molecule has 3 fully saturated rings. The van der Waals surface area contributed by atoms with Crippen LogP contribution in [0.1, 0.15) is 77.6 Å². The number of piperidine rings is 1. The fraction of sp³-hybridized carbons (Fsp3) is 1.00. The van der Waals surface area contributed by atoms with Crippen molar-refractivity contribution in [3.05, 3.63) is 0 Å². The number of nitrogens with one attached hydrogen (secondary N) is 1. The molecule has 0 aromatic heterocycles. The predicted octanol–water partition coefficient (Wildman–Crippen LogP) is 4.20. The molecule has 4 atom stereocenters. The van der Waals surface area contributed by atoms with Crippen molar-refractivity contribution in [2.75, 3.05) is 19.6 Å². The van der Waals surface area contributed by atoms with Crippen molar-refractivity contribution in [1.29, 1.82) is 0 Å². The van der Waals surface area contributed by atoms with Crippen LogP contribution in [0.4, 0.5) is 0 Å². The molecule has 3 aliphatic rings. The van der Waals surface area contributed by atoms with Gasteiger partial charge < -0.3 is 10.2 Å². The highest BCUT2D eigenvalue weighted by Gasteiger charge is 2.34. The summed E-state index contributed by atoms with van der Waals surface area (Å²) in [5, 5.41) is 3.81. The first-order valence-corrected chi connectivity index (χ1v) is 9.86. The highest BCUT2D eigenvalue weighted by molar-refractivity contribution is 4.89. The Morgan fingerprint density at radius 3 is 2.71 bits per heavy atom. The van der Waals surface area contributed by atoms with E-state index < -0.39 is 0 Å². The van der Waals surface area contributed by atoms with E-state index in [1.165, 1.54) is 90.3 Å². The summed E-state index contributed by atoms with van der Waals surface area (Å²) in [5.41, 5.74) is 0. The van der Waals surface area contributed by atoms with Gasteiger partial charge in [0, 0.05) is 12.1 Å². The van der Waals surface area contributed by atoms with Crippen molar-refractivity contribution in [3.8, 4) is 0 Å². The summed E-state index contributed by atoms with van der Waals surface area (Å²) in [6.07, 6.45) is 16.1. The lowest BCUT2D eigenvalue weighted by Crippen LogP contribution is -2.47. The number of nitrogens with zero attached hydrogens (tertiary/aromatic N) is 1. The summed E-state index contributed by atoms with van der Waals surface area (Å²) >= 11 is 0. The van der Waals surface area contributed by atoms with Gasteiger partial charge in [-0.15, -0.1) is 0 Å². The molecule has 0 aromatic rings. The fourth-order valence-corrected chi connectivity index (χ4v) is 5.32. The van der Waals surface area contributed by atoms with Crippen LogP contribution in [0.2, 0.25) is 0 Å². The minimum atomic E-state index is 0.830. The van der Waals surface area contributed by atoms with E-state index in [2.05, 4.69) is 17.1 Å². The lowest BCUT2D eigenvalue weighted by atomic mass is 9.78. The molecule has 1 heterocycles. The summed E-state index contributed by atoms with van der Waals surface area (Å²) in [7, 11) is 0. The number of hydrogen-bond donors (Lipinski definition) is 1. The zero-order valence-electron chi connectivity index (χ0n) is 14.2. The molecule has 0 aromatic carbocycles. The molecule has 1 N–H and O–H groups in total. The molecule has 0 radical (unpaired) electrons. The van der Waals surface area contributed by atoms with Crippen LogP contribution in [-0.4, -0.2) is 36.6 Å². The van der Waals surface area contributed by atoms with Gasteiger partial charge in [-0.05, 0) is 82.8 Å². The van der Waals surface area contributed by atoms with Gasteiger partial charge in [0.25, 0.3) is 0 Å². The van der Waals surface area contributed by atoms with E-state index in [0.717, 1.165) is 23.9 Å². The molecule has 1 saturated heterocycles. The maximum atomic E-state index is 3.81. The normalized spacial score (nSPS) is 37.6. The first-order valence-electron chi connectivity index (χ1n) is 9.86. The average Bonchev–Trinajstić information content (AvgIpc) is 2.98. The van der Waals surface area contributed by atoms with E-state index >= 15 is 0 Å². The molecule has 2 aliphatic carbocycles. The van der Waals surface area contributed by atoms with Gasteiger partial charge in [-0.2, -0.15) is 0 Å². The van der Waals surface area contributed by atoms with Crippen LogP contribution in [0.15, 0.2) is 0 Å². The Kier molecular flexibility index (Phi) is 5.99. The Morgan fingerprint density at radius 2 is 1.81 bits per heavy atom. The molecule has 2 heteroatoms. The lowest BCUT2D eigenvalue weighted by Gasteiger charge is -2.44. The molecule has 0 spiro atoms. The first-order chi connectivity index (χ1) is 10.4. The van der Waals surface area contributed by atoms with Crippen molar-refractivity contribution in [1.82, 2.24) is 10.2 Å². The summed E-state index contributed by atoms with van der Waals surface area (Å²) in [6, 6.07) is 1.79. The Morgan fingerprint density at radius 1 is 0.952 bits per heavy atom. The Bertz CT molecular complexity index is 302. The van der Waals surface area contributed by atoms with Gasteiger partial charge in [-0.3, -0.25) is 0 Å². The third kappa shape index (κ3) is 4.01. The van der Waals surface area contributed by atoms with E-state index in [0.29, 0.717) is 0 Å². The van der Waals surface area contributed by atoms with Gasteiger partial charge in [0.15, 0.2) is 0 Å². The molecule has 2 unspecified atom stereocenters. The van der Waals surface area contributed by atoms with Crippen molar-refractivity contribution in [3.63, 3.8) is 0 Å². The first kappa shape index (κ1) is 15.8. The summed E-state index contributed by atoms with van der Waals surface area (Å²) in [4.78, 5) is 2.89. The maximum Gasteiger partial charge on any atom is 0.0123 e. The van der Waals surface area contributed by atoms with Gasteiger partial charge in [0.05, 0.1) is 0 Å². The van der Waals surface area contributed by atoms with E-state index in [9.17, 15) is 0 Å². The van der Waals surface area contributed by atoms with Crippen LogP contribution in [0.3, 0.4) is 0 Å². The van der Waals surface area contributed by atoms with Crippen molar-refractivity contribution < 1.29 is 0 Å². The monoisotopic (exact) mass is 292 g/mol. The Balaban J connectivity index is 1.47. The SMILES string of the molecule is CCCNC1CCCC1CCN1CCC[C@H]2CCCC[C@H]21. The van der Waals surface area contributed by atoms with Crippen LogP contribution < -0.4 is 5.32 Å². The largest absolute Gasteiger partial charge is 0.314 e. The molecule has 0 amide bonds. The number of likely N-dealkylation sites (tertiary alicyclic amines) is 1. The third-order valence-electron chi connectivity index (χ3n) is 6.46. The lowest BCUT2D eigenvalue weighted by molar-refractivity contribution is 0.0554. The van der Waals surface area contributed by atoms with Gasteiger partial charge in [0.2, 0.25) is 0 Å². The number of hydrogen-bond acceptors (Lipinski definition) is 2. The number of rotatable bonds is 6. The van der Waals surface area contributed by atoms with Gasteiger partial charge in [0.1, 0.15) is 0 Å². The van der Waals surface area contributed by atoms with Crippen molar-refractivity contribution in [2.45, 2.75) is 89.6 Å². The molecular weight excluding hydrogens is 256 g/mol. The van der Waals surface area contributed by atoms with Gasteiger partial charge >= 0.3 is 0 Å². The second-order valence-electron chi connectivity index (χ2n) is 7.83. The minimum Gasteiger partial charge on any atom is -0.314 e. The minimum absolute atomic E-state index is 0.830. The van der Waals surface area contributed by atoms with Crippen LogP contribution in [0.25, 0.3) is 0 Å². The zero-order valence-corrected chi connectivity index (χ0v) is 14.2. The highest BCUT2D eigenvalue weighted by Crippen LogP contribution is 2.36. The van der Waals surface area contributed by atoms with Crippen molar-refractivity contribution in [2.24, 2.45) is 11.8 Å². The fourth-order valence-electron chi connectivity index (χ4n) is 5.32.